The van der Waals surface area contributed by atoms with Crippen LogP contribution in [0.5, 0.6) is 0 Å². The molecule has 1 rings (SSSR count). The molecule has 3 N–H and O–H groups in total. The number of halogens is 1. The molecule has 0 radical (unpaired) electrons. The number of unbranched alkanes of at least 4 members (excludes halogenated alkanes) is 1. The second kappa shape index (κ2) is 7.20. The molecule has 7 heteroatoms. The number of hydrogen-bond donors (Lipinski definition) is 2. The molecular formula is C12H16BrN3O3. The van der Waals surface area contributed by atoms with Crippen LogP contribution in [0.25, 0.3) is 0 Å². The third-order valence-electron chi connectivity index (χ3n) is 2.62. The monoisotopic (exact) mass is 329 g/mol. The van der Waals surface area contributed by atoms with Gasteiger partial charge in [0.2, 0.25) is 5.91 Å². The van der Waals surface area contributed by atoms with Gasteiger partial charge in [-0.25, -0.2) is 0 Å². The van der Waals surface area contributed by atoms with Gasteiger partial charge in [-0.1, -0.05) is 19.8 Å². The number of benzene rings is 1. The number of carbonyl (C=O) groups excluding carboxylic acids is 1. The topological polar surface area (TPSA) is 98.3 Å². The highest BCUT2D eigenvalue weighted by atomic mass is 79.9. The summed E-state index contributed by atoms with van der Waals surface area (Å²) in [5, 5.41) is 13.3. The first-order chi connectivity index (χ1) is 8.95. The predicted molar refractivity (Wildman–Crippen MR) is 76.9 cm³/mol. The van der Waals surface area contributed by atoms with Gasteiger partial charge in [-0.3, -0.25) is 14.9 Å². The number of rotatable bonds is 6. The van der Waals surface area contributed by atoms with Crippen molar-refractivity contribution in [3.63, 3.8) is 0 Å². The summed E-state index contributed by atoms with van der Waals surface area (Å²) in [6.07, 6.45) is 2.42. The van der Waals surface area contributed by atoms with Crippen molar-refractivity contribution < 1.29 is 9.72 Å². The maximum Gasteiger partial charge on any atom is 0.271 e. The van der Waals surface area contributed by atoms with Crippen LogP contribution in [0.1, 0.15) is 26.2 Å². The van der Waals surface area contributed by atoms with Gasteiger partial charge in [0.05, 0.1) is 16.7 Å². The number of nitro benzene ring substituents is 1. The largest absolute Gasteiger partial charge is 0.323 e. The Labute approximate surface area is 119 Å². The Morgan fingerprint density at radius 1 is 1.58 bits per heavy atom. The van der Waals surface area contributed by atoms with Crippen LogP contribution in [0.15, 0.2) is 22.7 Å². The van der Waals surface area contributed by atoms with Gasteiger partial charge in [-0.2, -0.15) is 0 Å². The molecule has 1 amide bonds. The molecule has 0 saturated heterocycles. The molecule has 1 aromatic rings. The van der Waals surface area contributed by atoms with Gasteiger partial charge >= 0.3 is 0 Å². The Morgan fingerprint density at radius 3 is 2.84 bits per heavy atom. The third-order valence-corrected chi connectivity index (χ3v) is 3.32. The lowest BCUT2D eigenvalue weighted by molar-refractivity contribution is -0.384. The number of non-ortho nitro benzene ring substituents is 1. The number of nitrogens with zero attached hydrogens (tertiary/aromatic N) is 1. The maximum atomic E-state index is 11.8. The molecule has 1 aromatic carbocycles. The molecule has 0 saturated carbocycles. The molecule has 0 aliphatic carbocycles. The average Bonchev–Trinajstić information content (AvgIpc) is 2.38. The third kappa shape index (κ3) is 4.60. The summed E-state index contributed by atoms with van der Waals surface area (Å²) in [4.78, 5) is 22.0. The van der Waals surface area contributed by atoms with Gasteiger partial charge in [-0.05, 0) is 28.4 Å². The van der Waals surface area contributed by atoms with Crippen molar-refractivity contribution in [3.05, 3.63) is 32.8 Å². The van der Waals surface area contributed by atoms with Crippen molar-refractivity contribution in [2.75, 3.05) is 5.32 Å². The second-order valence-corrected chi connectivity index (χ2v) is 5.01. The normalized spacial score (nSPS) is 11.9. The molecular weight excluding hydrogens is 314 g/mol. The molecule has 1 atom stereocenters. The molecule has 19 heavy (non-hydrogen) atoms. The van der Waals surface area contributed by atoms with E-state index in [2.05, 4.69) is 21.2 Å². The first-order valence-corrected chi connectivity index (χ1v) is 6.75. The van der Waals surface area contributed by atoms with E-state index >= 15 is 0 Å². The van der Waals surface area contributed by atoms with Crippen molar-refractivity contribution in [1.82, 2.24) is 0 Å². The summed E-state index contributed by atoms with van der Waals surface area (Å²) in [6.45, 7) is 2.02. The van der Waals surface area contributed by atoms with Crippen LogP contribution < -0.4 is 11.1 Å². The first kappa shape index (κ1) is 15.6. The molecule has 6 nitrogen and oxygen atoms in total. The SMILES string of the molecule is CCCCC(N)C(=O)Nc1cc([N+](=O)[O-])ccc1Br. The fraction of sp³-hybridized carbons (Fsp3) is 0.417. The van der Waals surface area contributed by atoms with E-state index in [-0.39, 0.29) is 11.6 Å². The van der Waals surface area contributed by atoms with Crippen LogP contribution in [-0.2, 0) is 4.79 Å². The number of nitro groups is 1. The minimum absolute atomic E-state index is 0.0828. The zero-order chi connectivity index (χ0) is 14.4. The zero-order valence-corrected chi connectivity index (χ0v) is 12.1. The number of amides is 1. The van der Waals surface area contributed by atoms with Gasteiger partial charge in [0, 0.05) is 16.6 Å². The summed E-state index contributed by atoms with van der Waals surface area (Å²) in [5.74, 6) is -0.338. The fourth-order valence-corrected chi connectivity index (χ4v) is 1.85. The highest BCUT2D eigenvalue weighted by Crippen LogP contribution is 2.27. The van der Waals surface area contributed by atoms with Crippen LogP contribution >= 0.6 is 15.9 Å². The highest BCUT2D eigenvalue weighted by Gasteiger charge is 2.16. The number of hydrogen-bond acceptors (Lipinski definition) is 4. The summed E-state index contributed by atoms with van der Waals surface area (Å²) in [6, 6.07) is 3.57. The lowest BCUT2D eigenvalue weighted by atomic mass is 10.1. The summed E-state index contributed by atoms with van der Waals surface area (Å²) in [5.41, 5.74) is 6.01. The van der Waals surface area contributed by atoms with Crippen molar-refractivity contribution in [1.29, 1.82) is 0 Å². The Morgan fingerprint density at radius 2 is 2.26 bits per heavy atom. The van der Waals surface area contributed by atoms with E-state index in [0.29, 0.717) is 16.6 Å². The van der Waals surface area contributed by atoms with Gasteiger partial charge < -0.3 is 11.1 Å². The van der Waals surface area contributed by atoms with Gasteiger partial charge in [0.15, 0.2) is 0 Å². The quantitative estimate of drug-likeness (QED) is 0.619. The molecule has 0 bridgehead atoms. The summed E-state index contributed by atoms with van der Waals surface area (Å²) < 4.78 is 0.578. The molecule has 0 aliphatic rings. The van der Waals surface area contributed by atoms with E-state index in [9.17, 15) is 14.9 Å². The van der Waals surface area contributed by atoms with Crippen LogP contribution in [0.4, 0.5) is 11.4 Å². The lowest BCUT2D eigenvalue weighted by Crippen LogP contribution is -2.35. The predicted octanol–water partition coefficient (Wildman–Crippen LogP) is 2.81. The first-order valence-electron chi connectivity index (χ1n) is 5.96. The molecule has 0 aromatic heterocycles. The van der Waals surface area contributed by atoms with Crippen molar-refractivity contribution in [2.45, 2.75) is 32.2 Å². The van der Waals surface area contributed by atoms with E-state index in [0.717, 1.165) is 12.8 Å². The van der Waals surface area contributed by atoms with E-state index in [1.807, 2.05) is 6.92 Å². The smallest absolute Gasteiger partial charge is 0.271 e. The lowest BCUT2D eigenvalue weighted by Gasteiger charge is -2.12. The standard InChI is InChI=1S/C12H16BrN3O3/c1-2-3-4-10(14)12(17)15-11-7-8(16(18)19)5-6-9(11)13/h5-7,10H,2-4,14H2,1H3,(H,15,17). The van der Waals surface area contributed by atoms with E-state index in [1.54, 1.807) is 0 Å². The molecule has 0 fully saturated rings. The fourth-order valence-electron chi connectivity index (χ4n) is 1.50. The number of nitrogens with one attached hydrogen (secondary N) is 1. The van der Waals surface area contributed by atoms with Crippen LogP contribution in [0, 0.1) is 10.1 Å². The molecule has 0 aliphatic heterocycles. The van der Waals surface area contributed by atoms with E-state index < -0.39 is 11.0 Å². The van der Waals surface area contributed by atoms with Crippen LogP contribution in [-0.4, -0.2) is 16.9 Å². The van der Waals surface area contributed by atoms with Crippen LogP contribution in [0.3, 0.4) is 0 Å². The Hall–Kier alpha value is -1.47. The minimum Gasteiger partial charge on any atom is -0.323 e. The Bertz CT molecular complexity index is 479. The molecule has 1 unspecified atom stereocenters. The average molecular weight is 330 g/mol. The number of nitrogens with two attached hydrogens (primary N) is 1. The summed E-state index contributed by atoms with van der Waals surface area (Å²) >= 11 is 3.23. The molecule has 104 valence electrons. The maximum absolute atomic E-state index is 11.8. The number of carbonyl (C=O) groups is 1. The van der Waals surface area contributed by atoms with Crippen LogP contribution in [0.2, 0.25) is 0 Å². The van der Waals surface area contributed by atoms with Gasteiger partial charge in [0.1, 0.15) is 0 Å². The van der Waals surface area contributed by atoms with E-state index in [1.165, 1.54) is 18.2 Å². The van der Waals surface area contributed by atoms with Gasteiger partial charge in [-0.15, -0.1) is 0 Å². The zero-order valence-electron chi connectivity index (χ0n) is 10.6. The van der Waals surface area contributed by atoms with Gasteiger partial charge in [0.25, 0.3) is 5.69 Å². The van der Waals surface area contributed by atoms with Crippen molar-refractivity contribution in [3.8, 4) is 0 Å². The van der Waals surface area contributed by atoms with E-state index in [4.69, 9.17) is 5.73 Å². The minimum atomic E-state index is -0.605. The Balaban J connectivity index is 2.78. The molecule has 0 spiro atoms. The van der Waals surface area contributed by atoms with Crippen molar-refractivity contribution in [2.24, 2.45) is 5.73 Å². The van der Waals surface area contributed by atoms with Crippen molar-refractivity contribution >= 4 is 33.2 Å². The second-order valence-electron chi connectivity index (χ2n) is 4.16. The number of anilines is 1. The molecule has 0 heterocycles. The Kier molecular flexibility index (Phi) is 5.91. The highest BCUT2D eigenvalue weighted by molar-refractivity contribution is 9.10. The summed E-state index contributed by atoms with van der Waals surface area (Å²) in [7, 11) is 0.